The van der Waals surface area contributed by atoms with E-state index in [1.807, 2.05) is 55.1 Å². The number of nitrogens with one attached hydrogen (secondary N) is 2. The van der Waals surface area contributed by atoms with E-state index in [4.69, 9.17) is 4.74 Å². The van der Waals surface area contributed by atoms with E-state index >= 15 is 4.39 Å². The second-order valence-corrected chi connectivity index (χ2v) is 11.5. The number of amides is 2. The van der Waals surface area contributed by atoms with Crippen LogP contribution in [0.4, 0.5) is 10.1 Å². The van der Waals surface area contributed by atoms with Gasteiger partial charge in [0.15, 0.2) is 0 Å². The Bertz CT molecular complexity index is 1950. The molecule has 5 rings (SSSR count). The fourth-order valence-corrected chi connectivity index (χ4v) is 5.95. The lowest BCUT2D eigenvalue weighted by Crippen LogP contribution is -2.40. The fourth-order valence-electron chi connectivity index (χ4n) is 5.95. The van der Waals surface area contributed by atoms with Crippen molar-refractivity contribution < 1.29 is 18.7 Å². The zero-order valence-corrected chi connectivity index (χ0v) is 26.7. The van der Waals surface area contributed by atoms with Crippen molar-refractivity contribution in [3.05, 3.63) is 104 Å². The van der Waals surface area contributed by atoms with Gasteiger partial charge in [0.2, 0.25) is 5.91 Å². The van der Waals surface area contributed by atoms with Gasteiger partial charge in [-0.3, -0.25) is 19.0 Å². The lowest BCUT2D eigenvalue weighted by molar-refractivity contribution is -0.127. The van der Waals surface area contributed by atoms with E-state index in [9.17, 15) is 19.2 Å². The third-order valence-corrected chi connectivity index (χ3v) is 8.61. The normalized spacial score (nSPS) is 12.9. The van der Waals surface area contributed by atoms with Crippen molar-refractivity contribution in [2.24, 2.45) is 14.1 Å². The van der Waals surface area contributed by atoms with Crippen molar-refractivity contribution in [1.82, 2.24) is 19.4 Å². The summed E-state index contributed by atoms with van der Waals surface area (Å²) in [6.07, 6.45) is 2.71. The first-order valence-electron chi connectivity index (χ1n) is 15.1. The Balaban J connectivity index is 1.40. The predicted molar refractivity (Wildman–Crippen MR) is 176 cm³/mol. The highest BCUT2D eigenvalue weighted by Gasteiger charge is 2.21. The number of likely N-dealkylation sites (tertiary alicyclic amines) is 1. The van der Waals surface area contributed by atoms with Gasteiger partial charge in [-0.25, -0.2) is 9.18 Å². The van der Waals surface area contributed by atoms with Crippen LogP contribution in [0, 0.1) is 19.7 Å². The number of hydrogen-bond acceptors (Lipinski definition) is 6. The maximum absolute atomic E-state index is 15.5. The van der Waals surface area contributed by atoms with Gasteiger partial charge in [-0.05, 0) is 71.8 Å². The second kappa shape index (κ2) is 13.5. The van der Waals surface area contributed by atoms with Crippen molar-refractivity contribution in [2.45, 2.75) is 33.2 Å². The standard InChI is InChI=1S/C35H38FN5O5/c1-21-24(23-17-29(36)27(31(18-23)46-5)19-37-14-16-41-15-8-13-32(41)42)9-6-10-25(21)26-11-7-12-30(22(26)2)38-33(43)28-20-39(3)35(45)40(4)34(28)44/h6-7,9-12,17-18,20,37H,8,13-16,19H2,1-5H3,(H,38,43). The van der Waals surface area contributed by atoms with Crippen LogP contribution in [0.5, 0.6) is 5.75 Å². The molecule has 1 aliphatic rings. The van der Waals surface area contributed by atoms with Crippen LogP contribution in [0.25, 0.3) is 22.3 Å². The monoisotopic (exact) mass is 627 g/mol. The average Bonchev–Trinajstić information content (AvgIpc) is 3.45. The third kappa shape index (κ3) is 6.36. The van der Waals surface area contributed by atoms with Gasteiger partial charge in [0, 0.05) is 64.1 Å². The Morgan fingerprint density at radius 1 is 0.978 bits per heavy atom. The lowest BCUT2D eigenvalue weighted by atomic mass is 9.90. The number of rotatable bonds is 10. The van der Waals surface area contributed by atoms with Crippen molar-refractivity contribution in [1.29, 1.82) is 0 Å². The minimum Gasteiger partial charge on any atom is -0.496 e. The van der Waals surface area contributed by atoms with Crippen molar-refractivity contribution in [2.75, 3.05) is 32.1 Å². The molecule has 0 aliphatic carbocycles. The number of benzene rings is 3. The summed E-state index contributed by atoms with van der Waals surface area (Å²) in [5, 5.41) is 6.06. The van der Waals surface area contributed by atoms with Gasteiger partial charge in [-0.15, -0.1) is 0 Å². The van der Waals surface area contributed by atoms with Gasteiger partial charge in [-0.1, -0.05) is 30.3 Å². The van der Waals surface area contributed by atoms with Gasteiger partial charge in [0.25, 0.3) is 11.5 Å². The Kier molecular flexibility index (Phi) is 9.52. The molecule has 1 aromatic heterocycles. The number of methoxy groups -OCH3 is 1. The first-order valence-corrected chi connectivity index (χ1v) is 15.1. The zero-order chi connectivity index (χ0) is 33.1. The highest BCUT2D eigenvalue weighted by atomic mass is 19.1. The Labute approximate surface area is 266 Å². The largest absolute Gasteiger partial charge is 0.496 e. The van der Waals surface area contributed by atoms with Crippen LogP contribution in [0.3, 0.4) is 0 Å². The molecular formula is C35H38FN5O5. The topological polar surface area (TPSA) is 115 Å². The number of halogens is 1. The van der Waals surface area contributed by atoms with E-state index in [0.717, 1.165) is 45.3 Å². The van der Waals surface area contributed by atoms with Gasteiger partial charge in [-0.2, -0.15) is 0 Å². The SMILES string of the molecule is COc1cc(-c2cccc(-c3cccc(NC(=O)c4cn(C)c(=O)n(C)c4=O)c3C)c2C)cc(F)c1CNCCN1CCCC1=O. The number of hydrogen-bond donors (Lipinski definition) is 2. The summed E-state index contributed by atoms with van der Waals surface area (Å²) in [6.45, 7) is 6.00. The van der Waals surface area contributed by atoms with Gasteiger partial charge in [0.1, 0.15) is 17.1 Å². The molecule has 11 heteroatoms. The Hall–Kier alpha value is -5.03. The van der Waals surface area contributed by atoms with Crippen LogP contribution >= 0.6 is 0 Å². The summed E-state index contributed by atoms with van der Waals surface area (Å²) in [4.78, 5) is 51.5. The van der Waals surface area contributed by atoms with Gasteiger partial charge >= 0.3 is 5.69 Å². The van der Waals surface area contributed by atoms with E-state index in [1.54, 1.807) is 6.07 Å². The molecule has 1 saturated heterocycles. The Morgan fingerprint density at radius 2 is 1.67 bits per heavy atom. The van der Waals surface area contributed by atoms with Crippen molar-refractivity contribution in [3.63, 3.8) is 0 Å². The summed E-state index contributed by atoms with van der Waals surface area (Å²) >= 11 is 0. The third-order valence-electron chi connectivity index (χ3n) is 8.61. The number of anilines is 1. The molecule has 0 atom stereocenters. The van der Waals surface area contributed by atoms with E-state index in [2.05, 4.69) is 10.6 Å². The molecule has 1 aliphatic heterocycles. The zero-order valence-electron chi connectivity index (χ0n) is 26.7. The van der Waals surface area contributed by atoms with Crippen LogP contribution in [0.2, 0.25) is 0 Å². The van der Waals surface area contributed by atoms with Crippen LogP contribution in [0.1, 0.15) is 39.9 Å². The summed E-state index contributed by atoms with van der Waals surface area (Å²) < 4.78 is 23.2. The summed E-state index contributed by atoms with van der Waals surface area (Å²) in [6, 6.07) is 14.6. The molecule has 0 bridgehead atoms. The fraction of sp³-hybridized carbons (Fsp3) is 0.314. The second-order valence-electron chi connectivity index (χ2n) is 11.5. The maximum atomic E-state index is 15.5. The minimum absolute atomic E-state index is 0.149. The number of aryl methyl sites for hydroxylation is 1. The van der Waals surface area contributed by atoms with Crippen LogP contribution in [-0.2, 0) is 25.4 Å². The molecular weight excluding hydrogens is 589 g/mol. The number of aromatic nitrogens is 2. The molecule has 2 amide bonds. The molecule has 1 fully saturated rings. The van der Waals surface area contributed by atoms with Gasteiger partial charge in [0.05, 0.1) is 7.11 Å². The first kappa shape index (κ1) is 32.4. The van der Waals surface area contributed by atoms with E-state index in [-0.39, 0.29) is 18.0 Å². The molecule has 4 aromatic rings. The van der Waals surface area contributed by atoms with Crippen molar-refractivity contribution in [3.8, 4) is 28.0 Å². The smallest absolute Gasteiger partial charge is 0.330 e. The predicted octanol–water partition coefficient (Wildman–Crippen LogP) is 4.15. The number of nitrogens with zero attached hydrogens (tertiary/aromatic N) is 3. The van der Waals surface area contributed by atoms with Crippen LogP contribution in [-0.4, -0.2) is 52.6 Å². The molecule has 2 heterocycles. The van der Waals surface area contributed by atoms with Crippen LogP contribution < -0.4 is 26.6 Å². The van der Waals surface area contributed by atoms with Gasteiger partial charge < -0.3 is 24.8 Å². The average molecular weight is 628 g/mol. The molecule has 46 heavy (non-hydrogen) atoms. The van der Waals surface area contributed by atoms with Crippen LogP contribution in [0.15, 0.2) is 64.3 Å². The highest BCUT2D eigenvalue weighted by Crippen LogP contribution is 2.37. The molecule has 3 aromatic carbocycles. The van der Waals surface area contributed by atoms with E-state index in [1.165, 1.54) is 38.0 Å². The summed E-state index contributed by atoms with van der Waals surface area (Å²) in [5.41, 5.74) is 4.50. The number of carbonyl (C=O) groups excluding carboxylic acids is 2. The molecule has 0 spiro atoms. The lowest BCUT2D eigenvalue weighted by Gasteiger charge is -2.18. The van der Waals surface area contributed by atoms with E-state index < -0.39 is 23.0 Å². The molecule has 0 radical (unpaired) electrons. The molecule has 0 saturated carbocycles. The minimum atomic E-state index is -0.680. The summed E-state index contributed by atoms with van der Waals surface area (Å²) in [5.74, 6) is -0.430. The van der Waals surface area contributed by atoms with Crippen molar-refractivity contribution >= 4 is 17.5 Å². The van der Waals surface area contributed by atoms with E-state index in [0.29, 0.717) is 42.1 Å². The molecule has 10 nitrogen and oxygen atoms in total. The number of ether oxygens (including phenoxy) is 1. The molecule has 240 valence electrons. The number of carbonyl (C=O) groups is 2. The maximum Gasteiger partial charge on any atom is 0.330 e. The summed E-state index contributed by atoms with van der Waals surface area (Å²) in [7, 11) is 4.32. The molecule has 2 N–H and O–H groups in total. The molecule has 0 unspecified atom stereocenters. The first-order chi connectivity index (χ1) is 22.0. The Morgan fingerprint density at radius 3 is 2.37 bits per heavy atom. The highest BCUT2D eigenvalue weighted by molar-refractivity contribution is 6.04. The quantitative estimate of drug-likeness (QED) is 0.256.